The molecule has 1 aromatic heterocycles. The summed E-state index contributed by atoms with van der Waals surface area (Å²) in [5, 5.41) is 12.1. The molecule has 1 fully saturated rings. The molecule has 0 amide bonds. The second kappa shape index (κ2) is 7.56. The van der Waals surface area contributed by atoms with E-state index >= 15 is 0 Å². The van der Waals surface area contributed by atoms with Crippen molar-refractivity contribution in [3.63, 3.8) is 0 Å². The summed E-state index contributed by atoms with van der Waals surface area (Å²) in [7, 11) is 0. The average molecular weight is 381 g/mol. The molecule has 0 N–H and O–H groups in total. The fourth-order valence-corrected chi connectivity index (χ4v) is 3.36. The van der Waals surface area contributed by atoms with E-state index in [-0.39, 0.29) is 5.69 Å². The van der Waals surface area contributed by atoms with E-state index in [0.29, 0.717) is 15.6 Å². The van der Waals surface area contributed by atoms with Gasteiger partial charge >= 0.3 is 0 Å². The summed E-state index contributed by atoms with van der Waals surface area (Å²) in [5.41, 5.74) is 2.52. The molecule has 6 nitrogen and oxygen atoms in total. The molecular weight excluding hydrogens is 363 g/mol. The summed E-state index contributed by atoms with van der Waals surface area (Å²) < 4.78 is 0. The first-order valence-corrected chi connectivity index (χ1v) is 8.72. The van der Waals surface area contributed by atoms with E-state index in [1.54, 1.807) is 19.2 Å². The van der Waals surface area contributed by atoms with Gasteiger partial charge in [-0.1, -0.05) is 23.2 Å². The van der Waals surface area contributed by atoms with Crippen LogP contribution in [0.25, 0.3) is 0 Å². The molecule has 1 aromatic carbocycles. The van der Waals surface area contributed by atoms with Crippen LogP contribution in [-0.4, -0.2) is 41.0 Å². The number of nitro groups is 1. The van der Waals surface area contributed by atoms with Gasteiger partial charge in [0, 0.05) is 50.6 Å². The molecule has 8 heteroatoms. The summed E-state index contributed by atoms with van der Waals surface area (Å²) in [6, 6.07) is 7.03. The number of benzene rings is 1. The fraction of sp³-hybridized carbons (Fsp3) is 0.353. The van der Waals surface area contributed by atoms with Crippen LogP contribution in [0.5, 0.6) is 0 Å². The molecule has 1 aliphatic rings. The maximum Gasteiger partial charge on any atom is 0.273 e. The van der Waals surface area contributed by atoms with Crippen molar-refractivity contribution < 1.29 is 4.92 Å². The van der Waals surface area contributed by atoms with Gasteiger partial charge in [0.15, 0.2) is 0 Å². The lowest BCUT2D eigenvalue weighted by molar-refractivity contribution is -0.385. The van der Waals surface area contributed by atoms with Crippen molar-refractivity contribution in [2.75, 3.05) is 31.1 Å². The second-order valence-electron chi connectivity index (χ2n) is 6.08. The Labute approximate surface area is 156 Å². The molecule has 0 spiro atoms. The van der Waals surface area contributed by atoms with Crippen LogP contribution in [0.15, 0.2) is 30.5 Å². The minimum atomic E-state index is -0.401. The number of hydrogen-bond donors (Lipinski definition) is 0. The third-order valence-electron chi connectivity index (χ3n) is 4.35. The molecular formula is C17H18Cl2N4O2. The largest absolute Gasteiger partial charge is 0.368 e. The minimum Gasteiger partial charge on any atom is -0.368 e. The smallest absolute Gasteiger partial charge is 0.273 e. The molecule has 0 atom stereocenters. The van der Waals surface area contributed by atoms with Gasteiger partial charge in [-0.2, -0.15) is 0 Å². The lowest BCUT2D eigenvalue weighted by Gasteiger charge is -2.36. The zero-order valence-corrected chi connectivity index (χ0v) is 15.3. The van der Waals surface area contributed by atoms with Gasteiger partial charge < -0.3 is 4.90 Å². The number of nitrogens with zero attached hydrogens (tertiary/aromatic N) is 4. The topological polar surface area (TPSA) is 62.5 Å². The van der Waals surface area contributed by atoms with E-state index < -0.39 is 4.92 Å². The Bertz CT molecular complexity index is 775. The van der Waals surface area contributed by atoms with Gasteiger partial charge in [0.25, 0.3) is 5.69 Å². The van der Waals surface area contributed by atoms with Crippen LogP contribution in [0.2, 0.25) is 10.0 Å². The lowest BCUT2D eigenvalue weighted by Crippen LogP contribution is -2.46. The maximum atomic E-state index is 11.0. The quantitative estimate of drug-likeness (QED) is 0.593. The number of anilines is 1. The van der Waals surface area contributed by atoms with Gasteiger partial charge in [-0.05, 0) is 25.1 Å². The molecule has 0 bridgehead atoms. The Morgan fingerprint density at radius 2 is 1.92 bits per heavy atom. The zero-order valence-electron chi connectivity index (χ0n) is 13.8. The summed E-state index contributed by atoms with van der Waals surface area (Å²) in [5.74, 6) is 0. The Kier molecular flexibility index (Phi) is 5.42. The van der Waals surface area contributed by atoms with Crippen LogP contribution < -0.4 is 4.90 Å². The number of aryl methyl sites for hydroxylation is 1. The lowest BCUT2D eigenvalue weighted by atomic mass is 10.1. The number of hydrogen-bond acceptors (Lipinski definition) is 5. The minimum absolute atomic E-state index is 0.0567. The molecule has 0 unspecified atom stereocenters. The van der Waals surface area contributed by atoms with Gasteiger partial charge in [-0.25, -0.2) is 0 Å². The molecule has 2 aromatic rings. The van der Waals surface area contributed by atoms with Gasteiger partial charge in [-0.15, -0.1) is 0 Å². The van der Waals surface area contributed by atoms with Crippen molar-refractivity contribution in [1.82, 2.24) is 9.88 Å². The third kappa shape index (κ3) is 4.21. The Hall–Kier alpha value is -1.89. The van der Waals surface area contributed by atoms with Crippen molar-refractivity contribution in [1.29, 1.82) is 0 Å². The van der Waals surface area contributed by atoms with Crippen molar-refractivity contribution >= 4 is 34.6 Å². The standard InChI is InChI=1S/C17H18Cl2N4O2/c1-12-8-17(15(19)9-16(12)23(24)25)22-6-4-21(5-7-22)11-14-3-2-13(18)10-20-14/h2-3,8-10H,4-7,11H2,1H3. The number of pyridine rings is 1. The predicted molar refractivity (Wildman–Crippen MR) is 99.6 cm³/mol. The summed E-state index contributed by atoms with van der Waals surface area (Å²) in [4.78, 5) is 19.4. The number of rotatable bonds is 4. The first-order valence-electron chi connectivity index (χ1n) is 7.96. The van der Waals surface area contributed by atoms with Crippen LogP contribution in [0.1, 0.15) is 11.3 Å². The highest BCUT2D eigenvalue weighted by atomic mass is 35.5. The first kappa shape index (κ1) is 17.9. The molecule has 0 saturated carbocycles. The number of piperazine rings is 1. The normalized spacial score (nSPS) is 15.4. The van der Waals surface area contributed by atoms with E-state index in [4.69, 9.17) is 23.2 Å². The number of nitro benzene ring substituents is 1. The summed E-state index contributed by atoms with van der Waals surface area (Å²) >= 11 is 12.1. The fourth-order valence-electron chi connectivity index (χ4n) is 2.97. The zero-order chi connectivity index (χ0) is 18.0. The summed E-state index contributed by atoms with van der Waals surface area (Å²) in [6.07, 6.45) is 1.66. The van der Waals surface area contributed by atoms with Crippen molar-refractivity contribution in [2.45, 2.75) is 13.5 Å². The molecule has 0 radical (unpaired) electrons. The van der Waals surface area contributed by atoms with E-state index in [2.05, 4.69) is 14.8 Å². The van der Waals surface area contributed by atoms with E-state index in [1.807, 2.05) is 12.1 Å². The van der Waals surface area contributed by atoms with Gasteiger partial charge in [0.05, 0.1) is 26.3 Å². The van der Waals surface area contributed by atoms with Crippen molar-refractivity contribution in [3.8, 4) is 0 Å². The van der Waals surface area contributed by atoms with Crippen LogP contribution in [0, 0.1) is 17.0 Å². The average Bonchev–Trinajstić information content (AvgIpc) is 2.59. The van der Waals surface area contributed by atoms with Crippen LogP contribution in [-0.2, 0) is 6.54 Å². The predicted octanol–water partition coefficient (Wildman–Crippen LogP) is 3.93. The van der Waals surface area contributed by atoms with E-state index in [0.717, 1.165) is 44.1 Å². The highest BCUT2D eigenvalue weighted by molar-refractivity contribution is 6.33. The van der Waals surface area contributed by atoms with Gasteiger partial charge in [-0.3, -0.25) is 20.0 Å². The van der Waals surface area contributed by atoms with Crippen LogP contribution in [0.3, 0.4) is 0 Å². The molecule has 3 rings (SSSR count). The molecule has 0 aliphatic carbocycles. The van der Waals surface area contributed by atoms with Gasteiger partial charge in [0.2, 0.25) is 0 Å². The molecule has 1 saturated heterocycles. The number of aromatic nitrogens is 1. The highest BCUT2D eigenvalue weighted by Crippen LogP contribution is 2.33. The molecule has 25 heavy (non-hydrogen) atoms. The van der Waals surface area contributed by atoms with Crippen molar-refractivity contribution in [3.05, 3.63) is 61.9 Å². The molecule has 1 aliphatic heterocycles. The van der Waals surface area contributed by atoms with E-state index in [9.17, 15) is 10.1 Å². The number of halogens is 2. The van der Waals surface area contributed by atoms with Crippen molar-refractivity contribution in [2.24, 2.45) is 0 Å². The third-order valence-corrected chi connectivity index (χ3v) is 4.88. The Morgan fingerprint density at radius 3 is 2.52 bits per heavy atom. The Balaban J connectivity index is 1.65. The second-order valence-corrected chi connectivity index (χ2v) is 6.92. The summed E-state index contributed by atoms with van der Waals surface area (Å²) in [6.45, 7) is 5.88. The SMILES string of the molecule is Cc1cc(N2CCN(Cc3ccc(Cl)cn3)CC2)c(Cl)cc1[N+](=O)[O-]. The highest BCUT2D eigenvalue weighted by Gasteiger charge is 2.22. The maximum absolute atomic E-state index is 11.0. The Morgan fingerprint density at radius 1 is 1.20 bits per heavy atom. The van der Waals surface area contributed by atoms with Gasteiger partial charge in [0.1, 0.15) is 0 Å². The first-order chi connectivity index (χ1) is 11.9. The van der Waals surface area contributed by atoms with Crippen LogP contribution in [0.4, 0.5) is 11.4 Å². The monoisotopic (exact) mass is 380 g/mol. The molecule has 132 valence electrons. The van der Waals surface area contributed by atoms with Crippen LogP contribution >= 0.6 is 23.2 Å². The van der Waals surface area contributed by atoms with E-state index in [1.165, 1.54) is 6.07 Å². The molecule has 2 heterocycles.